The van der Waals surface area contributed by atoms with Crippen LogP contribution in [0.2, 0.25) is 0 Å². The molecule has 1 fully saturated rings. The molecule has 10 heteroatoms. The molecule has 0 bridgehead atoms. The molecule has 0 radical (unpaired) electrons. The zero-order valence-electron chi connectivity index (χ0n) is 16.2. The van der Waals surface area contributed by atoms with Gasteiger partial charge in [0.25, 0.3) is 11.4 Å². The Morgan fingerprint density at radius 3 is 2.87 bits per heavy atom. The molecule has 5 rings (SSSR count). The van der Waals surface area contributed by atoms with Gasteiger partial charge in [-0.3, -0.25) is 4.79 Å². The number of H-pyrrole nitrogens is 1. The van der Waals surface area contributed by atoms with E-state index in [1.165, 1.54) is 19.2 Å². The summed E-state index contributed by atoms with van der Waals surface area (Å²) in [5.41, 5.74) is 2.10. The number of benzene rings is 1. The van der Waals surface area contributed by atoms with Crippen LogP contribution in [0, 0.1) is 5.82 Å². The molecule has 1 saturated heterocycles. The Morgan fingerprint density at radius 2 is 2.10 bits per heavy atom. The van der Waals surface area contributed by atoms with Crippen molar-refractivity contribution in [3.8, 4) is 28.6 Å². The van der Waals surface area contributed by atoms with E-state index in [-0.39, 0.29) is 28.9 Å². The first-order chi connectivity index (χ1) is 14.6. The number of piperidine rings is 1. The van der Waals surface area contributed by atoms with Crippen LogP contribution in [-0.2, 0) is 0 Å². The van der Waals surface area contributed by atoms with Gasteiger partial charge in [-0.15, -0.1) is 0 Å². The first kappa shape index (κ1) is 18.5. The van der Waals surface area contributed by atoms with Crippen molar-refractivity contribution in [3.63, 3.8) is 0 Å². The van der Waals surface area contributed by atoms with Gasteiger partial charge >= 0.3 is 0 Å². The first-order valence-electron chi connectivity index (χ1n) is 9.63. The van der Waals surface area contributed by atoms with Crippen LogP contribution in [-0.4, -0.2) is 44.9 Å². The van der Waals surface area contributed by atoms with E-state index in [0.29, 0.717) is 16.8 Å². The van der Waals surface area contributed by atoms with E-state index in [2.05, 4.69) is 25.5 Å². The van der Waals surface area contributed by atoms with Crippen molar-refractivity contribution in [1.82, 2.24) is 30.1 Å². The van der Waals surface area contributed by atoms with Crippen LogP contribution in [0.15, 0.2) is 39.8 Å². The normalized spacial score (nSPS) is 15.0. The predicted molar refractivity (Wildman–Crippen MR) is 106 cm³/mol. The summed E-state index contributed by atoms with van der Waals surface area (Å²) in [6.45, 7) is 1.80. The number of nitrogens with one attached hydrogen (secondary N) is 2. The Balaban J connectivity index is 1.55. The van der Waals surface area contributed by atoms with Crippen molar-refractivity contribution in [2.45, 2.75) is 18.8 Å². The van der Waals surface area contributed by atoms with E-state index >= 15 is 0 Å². The highest BCUT2D eigenvalue weighted by atomic mass is 19.1. The fourth-order valence-electron chi connectivity index (χ4n) is 3.83. The molecule has 1 aromatic carbocycles. The largest absolute Gasteiger partial charge is 0.494 e. The number of nitrogens with zero attached hydrogens (tertiary/aromatic N) is 4. The summed E-state index contributed by atoms with van der Waals surface area (Å²) in [6.07, 6.45) is 3.45. The van der Waals surface area contributed by atoms with Crippen molar-refractivity contribution in [2.75, 3.05) is 20.2 Å². The zero-order valence-corrected chi connectivity index (χ0v) is 16.2. The quantitative estimate of drug-likeness (QED) is 0.531. The third-order valence-corrected chi connectivity index (χ3v) is 5.36. The topological polar surface area (TPSA) is 110 Å². The van der Waals surface area contributed by atoms with Gasteiger partial charge in [0.1, 0.15) is 11.2 Å². The fourth-order valence-corrected chi connectivity index (χ4v) is 3.83. The summed E-state index contributed by atoms with van der Waals surface area (Å²) in [7, 11) is 1.40. The molecular weight excluding hydrogens is 391 g/mol. The number of rotatable bonds is 4. The lowest BCUT2D eigenvalue weighted by molar-refractivity contribution is 0.386. The van der Waals surface area contributed by atoms with Crippen LogP contribution in [0.1, 0.15) is 24.5 Å². The van der Waals surface area contributed by atoms with E-state index in [4.69, 9.17) is 9.26 Å². The summed E-state index contributed by atoms with van der Waals surface area (Å²) in [5.74, 6) is 0.266. The molecular formula is C20H19FN6O3. The number of aromatic nitrogens is 5. The summed E-state index contributed by atoms with van der Waals surface area (Å²) in [5, 5.41) is 11.7. The number of hydrogen-bond acceptors (Lipinski definition) is 7. The van der Waals surface area contributed by atoms with Crippen LogP contribution >= 0.6 is 0 Å². The van der Waals surface area contributed by atoms with Gasteiger partial charge in [0.2, 0.25) is 5.82 Å². The summed E-state index contributed by atoms with van der Waals surface area (Å²) in [6, 6.07) is 6.02. The second-order valence-corrected chi connectivity index (χ2v) is 7.17. The molecule has 0 amide bonds. The minimum atomic E-state index is -0.520. The average molecular weight is 410 g/mol. The smallest absolute Gasteiger partial charge is 0.263 e. The Morgan fingerprint density at radius 1 is 1.27 bits per heavy atom. The highest BCUT2D eigenvalue weighted by Crippen LogP contribution is 2.29. The van der Waals surface area contributed by atoms with Crippen molar-refractivity contribution in [1.29, 1.82) is 0 Å². The molecule has 4 heterocycles. The molecule has 154 valence electrons. The van der Waals surface area contributed by atoms with Gasteiger partial charge < -0.3 is 19.6 Å². The molecule has 0 atom stereocenters. The van der Waals surface area contributed by atoms with Crippen LogP contribution in [0.4, 0.5) is 4.39 Å². The van der Waals surface area contributed by atoms with Crippen molar-refractivity contribution in [3.05, 3.63) is 52.3 Å². The van der Waals surface area contributed by atoms with Gasteiger partial charge in [-0.25, -0.2) is 8.91 Å². The van der Waals surface area contributed by atoms with Gasteiger partial charge in [0.05, 0.1) is 19.0 Å². The van der Waals surface area contributed by atoms with Crippen molar-refractivity contribution < 1.29 is 13.7 Å². The molecule has 0 spiro atoms. The maximum absolute atomic E-state index is 14.0. The summed E-state index contributed by atoms with van der Waals surface area (Å²) < 4.78 is 26.1. The molecule has 2 N–H and O–H groups in total. The first-order valence-corrected chi connectivity index (χ1v) is 9.63. The van der Waals surface area contributed by atoms with E-state index in [1.54, 1.807) is 22.8 Å². The van der Waals surface area contributed by atoms with E-state index in [9.17, 15) is 9.18 Å². The zero-order chi connectivity index (χ0) is 20.7. The lowest BCUT2D eigenvalue weighted by Crippen LogP contribution is -2.28. The SMILES string of the molecule is COc1ccc(-c2noc(-c3cnn4c(C5CCNCC5)cc(=O)[nH]c34)n2)cc1F. The standard InChI is InChI=1S/C20H19FN6O3/c1-29-16-3-2-12(8-14(16)21)18-25-20(30-26-18)13-10-23-27-15(9-17(28)24-19(13)27)11-4-6-22-7-5-11/h2-3,8-11,22H,4-7H2,1H3,(H,24,28). The molecule has 0 saturated carbocycles. The summed E-state index contributed by atoms with van der Waals surface area (Å²) >= 11 is 0. The monoisotopic (exact) mass is 410 g/mol. The number of halogens is 1. The Labute approximate surface area is 169 Å². The molecule has 4 aromatic rings. The van der Waals surface area contributed by atoms with E-state index in [0.717, 1.165) is 31.6 Å². The Hall–Kier alpha value is -3.53. The Kier molecular flexibility index (Phi) is 4.55. The number of aromatic amines is 1. The maximum Gasteiger partial charge on any atom is 0.263 e. The molecule has 1 aliphatic heterocycles. The van der Waals surface area contributed by atoms with Gasteiger partial charge in [0.15, 0.2) is 11.6 Å². The van der Waals surface area contributed by atoms with Gasteiger partial charge in [-0.1, -0.05) is 5.16 Å². The Bertz CT molecular complexity index is 1270. The van der Waals surface area contributed by atoms with Crippen molar-refractivity contribution >= 4 is 5.65 Å². The molecule has 0 aliphatic carbocycles. The number of methoxy groups -OCH3 is 1. The van der Waals surface area contributed by atoms with Crippen molar-refractivity contribution in [2.24, 2.45) is 0 Å². The lowest BCUT2D eigenvalue weighted by Gasteiger charge is -2.23. The molecule has 3 aromatic heterocycles. The molecule has 1 aliphatic rings. The minimum absolute atomic E-state index is 0.133. The van der Waals surface area contributed by atoms with E-state index in [1.807, 2.05) is 0 Å². The molecule has 9 nitrogen and oxygen atoms in total. The number of ether oxygens (including phenoxy) is 1. The van der Waals surface area contributed by atoms with E-state index < -0.39 is 5.82 Å². The fraction of sp³-hybridized carbons (Fsp3) is 0.300. The molecule has 30 heavy (non-hydrogen) atoms. The van der Waals surface area contributed by atoms with Crippen LogP contribution in [0.3, 0.4) is 0 Å². The predicted octanol–water partition coefficient (Wildman–Crippen LogP) is 2.35. The lowest BCUT2D eigenvalue weighted by atomic mass is 9.94. The van der Waals surface area contributed by atoms with Gasteiger partial charge in [-0.2, -0.15) is 10.1 Å². The summed E-state index contributed by atoms with van der Waals surface area (Å²) in [4.78, 5) is 19.5. The maximum atomic E-state index is 14.0. The number of hydrogen-bond donors (Lipinski definition) is 2. The third-order valence-electron chi connectivity index (χ3n) is 5.36. The third kappa shape index (κ3) is 3.14. The second kappa shape index (κ2) is 7.38. The van der Waals surface area contributed by atoms with Gasteiger partial charge in [0, 0.05) is 17.5 Å². The van der Waals surface area contributed by atoms with Crippen LogP contribution < -0.4 is 15.6 Å². The van der Waals surface area contributed by atoms with Gasteiger partial charge in [-0.05, 0) is 44.1 Å². The second-order valence-electron chi connectivity index (χ2n) is 7.17. The average Bonchev–Trinajstić information content (AvgIpc) is 3.41. The number of fused-ring (bicyclic) bond motifs is 1. The highest BCUT2D eigenvalue weighted by molar-refractivity contribution is 5.72. The van der Waals surface area contributed by atoms with Crippen LogP contribution in [0.25, 0.3) is 28.5 Å². The minimum Gasteiger partial charge on any atom is -0.494 e. The highest BCUT2D eigenvalue weighted by Gasteiger charge is 2.23. The molecule has 0 unspecified atom stereocenters. The van der Waals surface area contributed by atoms with Crippen LogP contribution in [0.5, 0.6) is 5.75 Å².